The van der Waals surface area contributed by atoms with Crippen molar-refractivity contribution in [3.8, 4) is 6.07 Å². The van der Waals surface area contributed by atoms with Crippen molar-refractivity contribution in [2.75, 3.05) is 11.9 Å². The minimum absolute atomic E-state index is 0.0427. The number of hydrogen-bond donors (Lipinski definition) is 3. The van der Waals surface area contributed by atoms with Crippen molar-refractivity contribution in [3.05, 3.63) is 29.8 Å². The monoisotopic (exact) mass is 303 g/mol. The summed E-state index contributed by atoms with van der Waals surface area (Å²) >= 11 is 0. The normalized spacial score (nSPS) is 12.6. The number of nitriles is 1. The molecular formula is C17H25N3O2. The molecule has 0 aliphatic heterocycles. The number of carbonyl (C=O) groups is 1. The van der Waals surface area contributed by atoms with Crippen molar-refractivity contribution in [2.45, 2.75) is 45.6 Å². The summed E-state index contributed by atoms with van der Waals surface area (Å²) in [6.07, 6.45) is 0.528. The Balaban J connectivity index is 2.67. The zero-order valence-electron chi connectivity index (χ0n) is 13.7. The minimum atomic E-state index is -0.551. The van der Waals surface area contributed by atoms with Crippen molar-refractivity contribution in [1.82, 2.24) is 5.32 Å². The number of urea groups is 1. The van der Waals surface area contributed by atoms with Gasteiger partial charge in [-0.05, 0) is 43.9 Å². The number of carbonyl (C=O) groups excluding carboxylic acids is 1. The van der Waals surface area contributed by atoms with Crippen molar-refractivity contribution in [1.29, 1.82) is 5.26 Å². The van der Waals surface area contributed by atoms with Crippen LogP contribution in [0.25, 0.3) is 0 Å². The Labute approximate surface area is 132 Å². The third-order valence-electron chi connectivity index (χ3n) is 3.71. The van der Waals surface area contributed by atoms with Gasteiger partial charge >= 0.3 is 6.03 Å². The average molecular weight is 303 g/mol. The quantitative estimate of drug-likeness (QED) is 0.755. The van der Waals surface area contributed by atoms with E-state index < -0.39 is 5.41 Å². The largest absolute Gasteiger partial charge is 0.396 e. The second kappa shape index (κ2) is 7.81. The zero-order chi connectivity index (χ0) is 16.8. The van der Waals surface area contributed by atoms with E-state index >= 15 is 0 Å². The topological polar surface area (TPSA) is 85.2 Å². The fourth-order valence-corrected chi connectivity index (χ4v) is 2.08. The van der Waals surface area contributed by atoms with Gasteiger partial charge in [-0.1, -0.05) is 26.0 Å². The number of anilines is 1. The third kappa shape index (κ3) is 5.05. The smallest absolute Gasteiger partial charge is 0.319 e. The first-order chi connectivity index (χ1) is 10.3. The molecule has 0 aliphatic carbocycles. The molecule has 0 spiro atoms. The van der Waals surface area contributed by atoms with Crippen LogP contribution in [0.5, 0.6) is 0 Å². The van der Waals surface area contributed by atoms with Crippen LogP contribution < -0.4 is 10.6 Å². The Kier molecular flexibility index (Phi) is 6.39. The van der Waals surface area contributed by atoms with E-state index in [1.807, 2.05) is 39.8 Å². The van der Waals surface area contributed by atoms with Crippen molar-refractivity contribution < 1.29 is 9.90 Å². The van der Waals surface area contributed by atoms with E-state index in [2.05, 4.69) is 16.7 Å². The van der Waals surface area contributed by atoms with Crippen LogP contribution in [0.4, 0.5) is 10.5 Å². The molecule has 5 heteroatoms. The van der Waals surface area contributed by atoms with Gasteiger partial charge in [-0.2, -0.15) is 5.26 Å². The zero-order valence-corrected chi connectivity index (χ0v) is 13.7. The molecule has 0 saturated carbocycles. The summed E-state index contributed by atoms with van der Waals surface area (Å²) in [4.78, 5) is 12.0. The summed E-state index contributed by atoms with van der Waals surface area (Å²) in [6.45, 7) is 7.74. The molecule has 0 aliphatic rings. The summed E-state index contributed by atoms with van der Waals surface area (Å²) in [7, 11) is 0. The van der Waals surface area contributed by atoms with Gasteiger partial charge in [0.15, 0.2) is 0 Å². The molecule has 120 valence electrons. The van der Waals surface area contributed by atoms with Gasteiger partial charge in [-0.15, -0.1) is 0 Å². The van der Waals surface area contributed by atoms with Crippen molar-refractivity contribution >= 4 is 11.7 Å². The minimum Gasteiger partial charge on any atom is -0.396 e. The Morgan fingerprint density at radius 1 is 1.32 bits per heavy atom. The second-order valence-corrected chi connectivity index (χ2v) is 6.28. The molecule has 1 atom stereocenters. The number of aliphatic hydroxyl groups is 1. The van der Waals surface area contributed by atoms with Gasteiger partial charge in [0.05, 0.1) is 11.5 Å². The van der Waals surface area contributed by atoms with Crippen LogP contribution in [0.3, 0.4) is 0 Å². The number of nitrogens with zero attached hydrogens (tertiary/aromatic N) is 1. The number of rotatable bonds is 6. The molecule has 1 aromatic rings. The van der Waals surface area contributed by atoms with Gasteiger partial charge in [0.2, 0.25) is 0 Å². The molecule has 22 heavy (non-hydrogen) atoms. The first-order valence-electron chi connectivity index (χ1n) is 7.50. The SMILES string of the molecule is CC(C)C(CCO)NC(=O)Nc1ccc(C(C)(C)C#N)cc1. The Morgan fingerprint density at radius 3 is 2.36 bits per heavy atom. The first-order valence-corrected chi connectivity index (χ1v) is 7.50. The van der Waals surface area contributed by atoms with Crippen LogP contribution in [0.2, 0.25) is 0 Å². The highest BCUT2D eigenvalue weighted by Crippen LogP contribution is 2.23. The van der Waals surface area contributed by atoms with Crippen LogP contribution in [-0.4, -0.2) is 23.8 Å². The molecular weight excluding hydrogens is 278 g/mol. The number of amides is 2. The molecule has 5 nitrogen and oxygen atoms in total. The summed E-state index contributed by atoms with van der Waals surface area (Å²) in [5.74, 6) is 0.247. The molecule has 2 amide bonds. The van der Waals surface area contributed by atoms with Crippen LogP contribution in [-0.2, 0) is 5.41 Å². The van der Waals surface area contributed by atoms with Gasteiger partial charge in [-0.25, -0.2) is 4.79 Å². The summed E-state index contributed by atoms with van der Waals surface area (Å²) in [5, 5.41) is 23.8. The molecule has 3 N–H and O–H groups in total. The van der Waals surface area contributed by atoms with E-state index in [0.29, 0.717) is 12.1 Å². The van der Waals surface area contributed by atoms with Gasteiger partial charge in [0.1, 0.15) is 0 Å². The maximum atomic E-state index is 12.0. The van der Waals surface area contributed by atoms with E-state index in [9.17, 15) is 4.79 Å². The van der Waals surface area contributed by atoms with Gasteiger partial charge in [0, 0.05) is 18.3 Å². The molecule has 0 fully saturated rings. The number of nitrogens with one attached hydrogen (secondary N) is 2. The lowest BCUT2D eigenvalue weighted by Gasteiger charge is -2.22. The van der Waals surface area contributed by atoms with E-state index in [-0.39, 0.29) is 24.6 Å². The lowest BCUT2D eigenvalue weighted by molar-refractivity contribution is 0.227. The Morgan fingerprint density at radius 2 is 1.91 bits per heavy atom. The summed E-state index contributed by atoms with van der Waals surface area (Å²) in [5.41, 5.74) is 1.02. The molecule has 1 unspecified atom stereocenters. The highest BCUT2D eigenvalue weighted by Gasteiger charge is 2.19. The summed E-state index contributed by atoms with van der Waals surface area (Å²) in [6, 6.07) is 9.13. The van der Waals surface area contributed by atoms with Crippen molar-refractivity contribution in [3.63, 3.8) is 0 Å². The van der Waals surface area contributed by atoms with E-state index in [4.69, 9.17) is 10.4 Å². The standard InChI is InChI=1S/C17H25N3O2/c1-12(2)15(9-10-21)20-16(22)19-14-7-5-13(6-8-14)17(3,4)11-18/h5-8,12,15,21H,9-10H2,1-4H3,(H2,19,20,22). The Bertz CT molecular complexity index is 530. The maximum Gasteiger partial charge on any atom is 0.319 e. The number of benzene rings is 1. The number of hydrogen-bond acceptors (Lipinski definition) is 3. The predicted octanol–water partition coefficient (Wildman–Crippen LogP) is 3.02. The van der Waals surface area contributed by atoms with Gasteiger partial charge < -0.3 is 15.7 Å². The van der Waals surface area contributed by atoms with Crippen LogP contribution in [0, 0.1) is 17.2 Å². The number of aliphatic hydroxyl groups excluding tert-OH is 1. The fourth-order valence-electron chi connectivity index (χ4n) is 2.08. The van der Waals surface area contributed by atoms with Crippen LogP contribution >= 0.6 is 0 Å². The molecule has 0 saturated heterocycles. The van der Waals surface area contributed by atoms with Gasteiger partial charge in [0.25, 0.3) is 0 Å². The molecule has 0 bridgehead atoms. The highest BCUT2D eigenvalue weighted by molar-refractivity contribution is 5.89. The van der Waals surface area contributed by atoms with Crippen molar-refractivity contribution in [2.24, 2.45) is 5.92 Å². The third-order valence-corrected chi connectivity index (χ3v) is 3.71. The second-order valence-electron chi connectivity index (χ2n) is 6.28. The lowest BCUT2D eigenvalue weighted by atomic mass is 9.86. The average Bonchev–Trinajstić information content (AvgIpc) is 2.47. The van der Waals surface area contributed by atoms with E-state index in [1.54, 1.807) is 12.1 Å². The summed E-state index contributed by atoms with van der Waals surface area (Å²) < 4.78 is 0. The molecule has 0 heterocycles. The van der Waals surface area contributed by atoms with Crippen LogP contribution in [0.15, 0.2) is 24.3 Å². The molecule has 0 aromatic heterocycles. The predicted molar refractivity (Wildman–Crippen MR) is 87.6 cm³/mol. The molecule has 1 aromatic carbocycles. The maximum absolute atomic E-state index is 12.0. The lowest BCUT2D eigenvalue weighted by Crippen LogP contribution is -2.41. The van der Waals surface area contributed by atoms with Crippen LogP contribution in [0.1, 0.15) is 39.7 Å². The molecule has 0 radical (unpaired) electrons. The van der Waals surface area contributed by atoms with E-state index in [1.165, 1.54) is 0 Å². The van der Waals surface area contributed by atoms with Gasteiger partial charge in [-0.3, -0.25) is 0 Å². The first kappa shape index (κ1) is 18.0. The Hall–Kier alpha value is -2.06. The highest BCUT2D eigenvalue weighted by atomic mass is 16.3. The molecule has 1 rings (SSSR count). The van der Waals surface area contributed by atoms with E-state index in [0.717, 1.165) is 5.56 Å². The fraction of sp³-hybridized carbons (Fsp3) is 0.529.